The first-order valence-corrected chi connectivity index (χ1v) is 6.09. The van der Waals surface area contributed by atoms with Crippen LogP contribution in [0, 0.1) is 11.3 Å². The van der Waals surface area contributed by atoms with E-state index in [-0.39, 0.29) is 5.56 Å². The van der Waals surface area contributed by atoms with Crippen LogP contribution in [-0.4, -0.2) is 26.2 Å². The molecule has 1 aromatic carbocycles. The maximum Gasteiger partial charge on any atom is 0.416 e. The van der Waals surface area contributed by atoms with E-state index in [2.05, 4.69) is 5.32 Å². The van der Waals surface area contributed by atoms with Crippen molar-refractivity contribution in [2.24, 2.45) is 0 Å². The number of halogens is 3. The Kier molecular flexibility index (Phi) is 3.96. The van der Waals surface area contributed by atoms with Crippen molar-refractivity contribution in [1.82, 2.24) is 5.32 Å². The fourth-order valence-electron chi connectivity index (χ4n) is 2.16. The molecule has 1 aliphatic heterocycles. The number of benzene rings is 1. The van der Waals surface area contributed by atoms with Gasteiger partial charge in [0.05, 0.1) is 16.8 Å². The standard InChI is InChI=1S/C13H14F3N3/c14-13(15,16)11-2-3-12(10(8-11)9-17)19-6-1-4-18-5-7-19/h2-3,8,18H,1,4-7H2. The molecule has 3 nitrogen and oxygen atoms in total. The Bertz CT molecular complexity index is 483. The maximum atomic E-state index is 12.6. The Morgan fingerprint density at radius 3 is 2.68 bits per heavy atom. The van der Waals surface area contributed by atoms with Gasteiger partial charge in [-0.2, -0.15) is 18.4 Å². The summed E-state index contributed by atoms with van der Waals surface area (Å²) in [4.78, 5) is 1.96. The van der Waals surface area contributed by atoms with Gasteiger partial charge in [-0.25, -0.2) is 0 Å². The van der Waals surface area contributed by atoms with Gasteiger partial charge in [0.25, 0.3) is 0 Å². The zero-order valence-corrected chi connectivity index (χ0v) is 10.3. The number of hydrogen-bond acceptors (Lipinski definition) is 3. The molecule has 19 heavy (non-hydrogen) atoms. The lowest BCUT2D eigenvalue weighted by Crippen LogP contribution is -2.28. The number of nitriles is 1. The van der Waals surface area contributed by atoms with Crippen LogP contribution < -0.4 is 10.2 Å². The van der Waals surface area contributed by atoms with Gasteiger partial charge in [0.15, 0.2) is 0 Å². The van der Waals surface area contributed by atoms with Crippen molar-refractivity contribution in [1.29, 1.82) is 5.26 Å². The van der Waals surface area contributed by atoms with Gasteiger partial charge in [0.1, 0.15) is 6.07 Å². The van der Waals surface area contributed by atoms with Gasteiger partial charge in [0, 0.05) is 19.6 Å². The second kappa shape index (κ2) is 5.49. The number of rotatable bonds is 1. The summed E-state index contributed by atoms with van der Waals surface area (Å²) in [6.07, 6.45) is -3.50. The monoisotopic (exact) mass is 269 g/mol. The Morgan fingerprint density at radius 2 is 2.00 bits per heavy atom. The quantitative estimate of drug-likeness (QED) is 0.850. The zero-order chi connectivity index (χ0) is 13.9. The third kappa shape index (κ3) is 3.18. The minimum Gasteiger partial charge on any atom is -0.369 e. The van der Waals surface area contributed by atoms with E-state index in [0.717, 1.165) is 38.2 Å². The van der Waals surface area contributed by atoms with Crippen molar-refractivity contribution in [3.8, 4) is 6.07 Å². The van der Waals surface area contributed by atoms with Crippen LogP contribution in [0.1, 0.15) is 17.5 Å². The molecule has 1 saturated heterocycles. The van der Waals surface area contributed by atoms with Crippen molar-refractivity contribution in [2.75, 3.05) is 31.1 Å². The largest absolute Gasteiger partial charge is 0.416 e. The minimum absolute atomic E-state index is 0.0803. The van der Waals surface area contributed by atoms with Crippen molar-refractivity contribution < 1.29 is 13.2 Å². The maximum absolute atomic E-state index is 12.6. The molecule has 1 N–H and O–H groups in total. The normalized spacial score (nSPS) is 16.8. The Labute approximate surface area is 109 Å². The van der Waals surface area contributed by atoms with E-state index in [4.69, 9.17) is 5.26 Å². The lowest BCUT2D eigenvalue weighted by atomic mass is 10.1. The van der Waals surface area contributed by atoms with Gasteiger partial charge in [-0.1, -0.05) is 0 Å². The molecule has 2 rings (SSSR count). The van der Waals surface area contributed by atoms with Gasteiger partial charge in [0.2, 0.25) is 0 Å². The van der Waals surface area contributed by atoms with Crippen molar-refractivity contribution >= 4 is 5.69 Å². The smallest absolute Gasteiger partial charge is 0.369 e. The Morgan fingerprint density at radius 1 is 1.21 bits per heavy atom. The summed E-state index contributed by atoms with van der Waals surface area (Å²) in [6.45, 7) is 3.10. The average Bonchev–Trinajstić information content (AvgIpc) is 2.65. The van der Waals surface area contributed by atoms with Gasteiger partial charge >= 0.3 is 6.18 Å². The lowest BCUT2D eigenvalue weighted by molar-refractivity contribution is -0.137. The van der Waals surface area contributed by atoms with Crippen molar-refractivity contribution in [3.63, 3.8) is 0 Å². The van der Waals surface area contributed by atoms with Gasteiger partial charge in [-0.05, 0) is 31.2 Å². The molecule has 0 spiro atoms. The molecule has 0 atom stereocenters. The number of nitrogens with one attached hydrogen (secondary N) is 1. The molecule has 102 valence electrons. The van der Waals surface area contributed by atoms with Crippen LogP contribution in [0.5, 0.6) is 0 Å². The SMILES string of the molecule is N#Cc1cc(C(F)(F)F)ccc1N1CCCNCC1. The average molecular weight is 269 g/mol. The van der Waals surface area contributed by atoms with Crippen LogP contribution in [0.15, 0.2) is 18.2 Å². The molecule has 0 aliphatic carbocycles. The van der Waals surface area contributed by atoms with E-state index in [9.17, 15) is 13.2 Å². The summed E-state index contributed by atoms with van der Waals surface area (Å²) >= 11 is 0. The predicted octanol–water partition coefficient (Wildman–Crippen LogP) is 2.38. The lowest BCUT2D eigenvalue weighted by Gasteiger charge is -2.24. The topological polar surface area (TPSA) is 39.1 Å². The summed E-state index contributed by atoms with van der Waals surface area (Å²) < 4.78 is 37.8. The molecule has 1 aliphatic rings. The summed E-state index contributed by atoms with van der Waals surface area (Å²) in [7, 11) is 0. The predicted molar refractivity (Wildman–Crippen MR) is 65.9 cm³/mol. The molecule has 0 aromatic heterocycles. The first-order valence-electron chi connectivity index (χ1n) is 6.09. The first-order chi connectivity index (χ1) is 9.02. The van der Waals surface area contributed by atoms with Crippen LogP contribution in [-0.2, 0) is 6.18 Å². The van der Waals surface area contributed by atoms with E-state index < -0.39 is 11.7 Å². The van der Waals surface area contributed by atoms with Crippen LogP contribution in [0.4, 0.5) is 18.9 Å². The van der Waals surface area contributed by atoms with Crippen LogP contribution in [0.3, 0.4) is 0 Å². The summed E-state index contributed by atoms with van der Waals surface area (Å²) in [5.74, 6) is 0. The molecule has 0 unspecified atom stereocenters. The highest BCUT2D eigenvalue weighted by atomic mass is 19.4. The van der Waals surface area contributed by atoms with Gasteiger partial charge < -0.3 is 10.2 Å². The van der Waals surface area contributed by atoms with Gasteiger partial charge in [-0.15, -0.1) is 0 Å². The summed E-state index contributed by atoms with van der Waals surface area (Å²) in [5.41, 5.74) is -0.114. The van der Waals surface area contributed by atoms with E-state index in [1.165, 1.54) is 6.07 Å². The first kappa shape index (κ1) is 13.7. The fraction of sp³-hybridized carbons (Fsp3) is 0.462. The number of nitrogens with zero attached hydrogens (tertiary/aromatic N) is 2. The van der Waals surface area contributed by atoms with Crippen LogP contribution in [0.25, 0.3) is 0 Å². The van der Waals surface area contributed by atoms with E-state index >= 15 is 0 Å². The Balaban J connectivity index is 2.33. The highest BCUT2D eigenvalue weighted by Gasteiger charge is 2.31. The Hall–Kier alpha value is -1.74. The molecule has 1 aromatic rings. The molecule has 6 heteroatoms. The van der Waals surface area contributed by atoms with Gasteiger partial charge in [-0.3, -0.25) is 0 Å². The minimum atomic E-state index is -4.41. The van der Waals surface area contributed by atoms with Crippen LogP contribution in [0.2, 0.25) is 0 Å². The number of hydrogen-bond donors (Lipinski definition) is 1. The highest BCUT2D eigenvalue weighted by molar-refractivity contribution is 5.61. The second-order valence-electron chi connectivity index (χ2n) is 4.43. The molecule has 0 saturated carbocycles. The van der Waals surface area contributed by atoms with Crippen LogP contribution >= 0.6 is 0 Å². The zero-order valence-electron chi connectivity index (χ0n) is 10.3. The number of alkyl halides is 3. The van der Waals surface area contributed by atoms with Crippen molar-refractivity contribution in [3.05, 3.63) is 29.3 Å². The van der Waals surface area contributed by atoms with Crippen molar-refractivity contribution in [2.45, 2.75) is 12.6 Å². The summed E-state index contributed by atoms with van der Waals surface area (Å²) in [5, 5.41) is 12.3. The second-order valence-corrected chi connectivity index (χ2v) is 4.43. The highest BCUT2D eigenvalue weighted by Crippen LogP contribution is 2.32. The molecular weight excluding hydrogens is 255 g/mol. The van der Waals surface area contributed by atoms with E-state index in [0.29, 0.717) is 12.2 Å². The molecule has 0 bridgehead atoms. The van der Waals surface area contributed by atoms with E-state index in [1.807, 2.05) is 11.0 Å². The van der Waals surface area contributed by atoms with E-state index in [1.54, 1.807) is 0 Å². The molecule has 0 amide bonds. The molecule has 1 heterocycles. The number of anilines is 1. The third-order valence-corrected chi connectivity index (χ3v) is 3.13. The molecule has 0 radical (unpaired) electrons. The third-order valence-electron chi connectivity index (χ3n) is 3.13. The molecule has 1 fully saturated rings. The fourth-order valence-corrected chi connectivity index (χ4v) is 2.16. The summed E-state index contributed by atoms with van der Waals surface area (Å²) in [6, 6.07) is 5.22. The molecular formula is C13H14F3N3.